The lowest BCUT2D eigenvalue weighted by molar-refractivity contribution is 0.0615. The number of piperazine rings is 1. The quantitative estimate of drug-likeness (QED) is 0.299. The number of nitrogens with zero attached hydrogens (tertiary/aromatic N) is 5. The lowest BCUT2D eigenvalue weighted by Crippen LogP contribution is -2.57. The van der Waals surface area contributed by atoms with Crippen LogP contribution in [0.5, 0.6) is 0 Å². The molecule has 0 bridgehead atoms. The van der Waals surface area contributed by atoms with Crippen LogP contribution in [0.1, 0.15) is 58.0 Å². The Hall–Kier alpha value is -3.28. The molecule has 0 unspecified atom stereocenters. The Balaban J connectivity index is 1.72. The Kier molecular flexibility index (Phi) is 11.2. The maximum absolute atomic E-state index is 15.2. The SMILES string of the molecule is CCCCS(=O)(=O)N1CCN(C(=O)N(C[C@@H](F)CN)[C@@H](c2nc(-c3ccccc3)cn2Cc2ccccc2)C(C)(C)C)CC1. The van der Waals surface area contributed by atoms with Crippen LogP contribution in [0.3, 0.4) is 0 Å². The molecule has 1 fully saturated rings. The number of hydrogen-bond donors (Lipinski definition) is 1. The van der Waals surface area contributed by atoms with Crippen molar-refractivity contribution >= 4 is 16.1 Å². The largest absolute Gasteiger partial charge is 0.328 e. The molecule has 1 aliphatic heterocycles. The van der Waals surface area contributed by atoms with Crippen molar-refractivity contribution in [2.24, 2.45) is 11.1 Å². The molecule has 2 heterocycles. The molecular weight excluding hydrogens is 579 g/mol. The van der Waals surface area contributed by atoms with Crippen LogP contribution >= 0.6 is 0 Å². The fourth-order valence-electron chi connectivity index (χ4n) is 5.67. The Bertz CT molecular complexity index is 1450. The van der Waals surface area contributed by atoms with Crippen LogP contribution < -0.4 is 5.73 Å². The van der Waals surface area contributed by atoms with E-state index in [9.17, 15) is 13.2 Å². The Morgan fingerprint density at radius 2 is 1.64 bits per heavy atom. The van der Waals surface area contributed by atoms with E-state index in [1.54, 1.807) is 9.80 Å². The summed E-state index contributed by atoms with van der Waals surface area (Å²) in [6.07, 6.45) is 1.94. The van der Waals surface area contributed by atoms with E-state index < -0.39 is 27.7 Å². The number of carbonyl (C=O) groups excluding carboxylic acids is 1. The summed E-state index contributed by atoms with van der Waals surface area (Å²) in [7, 11) is -3.39. The second-order valence-corrected chi connectivity index (χ2v) is 14.6. The molecule has 2 amide bonds. The van der Waals surface area contributed by atoms with Gasteiger partial charge < -0.3 is 20.1 Å². The number of carbonyl (C=O) groups is 1. The summed E-state index contributed by atoms with van der Waals surface area (Å²) in [6.45, 7) is 9.00. The topological polar surface area (TPSA) is 105 Å². The summed E-state index contributed by atoms with van der Waals surface area (Å²) in [5.41, 5.74) is 7.98. The van der Waals surface area contributed by atoms with Crippen LogP contribution in [-0.4, -0.2) is 89.3 Å². The van der Waals surface area contributed by atoms with Crippen LogP contribution in [0.25, 0.3) is 11.3 Å². The first-order valence-electron chi connectivity index (χ1n) is 15.5. The highest BCUT2D eigenvalue weighted by atomic mass is 32.2. The second-order valence-electron chi connectivity index (χ2n) is 12.6. The second kappa shape index (κ2) is 14.7. The summed E-state index contributed by atoms with van der Waals surface area (Å²) in [5, 5.41) is 0. The zero-order valence-corrected chi connectivity index (χ0v) is 27.2. The van der Waals surface area contributed by atoms with E-state index in [4.69, 9.17) is 10.7 Å². The van der Waals surface area contributed by atoms with Gasteiger partial charge in [-0.05, 0) is 17.4 Å². The van der Waals surface area contributed by atoms with Crippen LogP contribution in [0.15, 0.2) is 66.9 Å². The Morgan fingerprint density at radius 1 is 1.02 bits per heavy atom. The number of halogens is 1. The van der Waals surface area contributed by atoms with Gasteiger partial charge in [-0.15, -0.1) is 0 Å². The highest BCUT2D eigenvalue weighted by Gasteiger charge is 2.41. The summed E-state index contributed by atoms with van der Waals surface area (Å²) in [5.74, 6) is 0.752. The van der Waals surface area contributed by atoms with Gasteiger partial charge in [0, 0.05) is 51.0 Å². The molecule has 0 radical (unpaired) electrons. The van der Waals surface area contributed by atoms with Crippen molar-refractivity contribution in [2.45, 2.75) is 59.3 Å². The van der Waals surface area contributed by atoms with Crippen LogP contribution in [0.4, 0.5) is 9.18 Å². The molecule has 0 spiro atoms. The van der Waals surface area contributed by atoms with Gasteiger partial charge in [0.2, 0.25) is 10.0 Å². The number of amides is 2. The predicted molar refractivity (Wildman–Crippen MR) is 173 cm³/mol. The van der Waals surface area contributed by atoms with E-state index in [-0.39, 0.29) is 51.1 Å². The first kappa shape index (κ1) is 33.6. The third-order valence-corrected chi connectivity index (χ3v) is 9.96. The molecule has 1 aromatic heterocycles. The van der Waals surface area contributed by atoms with Gasteiger partial charge in [0.1, 0.15) is 12.0 Å². The van der Waals surface area contributed by atoms with Gasteiger partial charge in [0.25, 0.3) is 0 Å². The minimum Gasteiger partial charge on any atom is -0.328 e. The summed E-state index contributed by atoms with van der Waals surface area (Å²) < 4.78 is 44.3. The van der Waals surface area contributed by atoms with Crippen molar-refractivity contribution in [1.29, 1.82) is 0 Å². The highest BCUT2D eigenvalue weighted by molar-refractivity contribution is 7.89. The number of aromatic nitrogens is 2. The van der Waals surface area contributed by atoms with Gasteiger partial charge >= 0.3 is 6.03 Å². The van der Waals surface area contributed by atoms with E-state index in [2.05, 4.69) is 4.57 Å². The number of hydrogen-bond acceptors (Lipinski definition) is 5. The number of benzene rings is 2. The normalized spacial score (nSPS) is 16.1. The maximum Gasteiger partial charge on any atom is 0.320 e. The van der Waals surface area contributed by atoms with Crippen molar-refractivity contribution < 1.29 is 17.6 Å². The first-order valence-corrected chi connectivity index (χ1v) is 17.1. The number of nitrogens with two attached hydrogens (primary N) is 1. The molecule has 1 saturated heterocycles. The number of sulfonamides is 1. The molecule has 4 rings (SSSR count). The van der Waals surface area contributed by atoms with Crippen molar-refractivity contribution in [3.63, 3.8) is 0 Å². The van der Waals surface area contributed by atoms with Crippen molar-refractivity contribution in [3.8, 4) is 11.3 Å². The number of urea groups is 1. The number of alkyl halides is 1. The Labute approximate surface area is 261 Å². The fourth-order valence-corrected chi connectivity index (χ4v) is 7.31. The molecule has 0 aliphatic carbocycles. The number of imidazole rings is 1. The van der Waals surface area contributed by atoms with Gasteiger partial charge in [-0.25, -0.2) is 22.6 Å². The molecule has 3 aromatic rings. The number of rotatable bonds is 12. The van der Waals surface area contributed by atoms with E-state index in [0.717, 1.165) is 23.2 Å². The minimum atomic E-state index is -3.39. The highest BCUT2D eigenvalue weighted by Crippen LogP contribution is 2.40. The predicted octanol–water partition coefficient (Wildman–Crippen LogP) is 5.15. The minimum absolute atomic E-state index is 0.101. The molecule has 0 saturated carbocycles. The van der Waals surface area contributed by atoms with Crippen LogP contribution in [0.2, 0.25) is 0 Å². The fraction of sp³-hybridized carbons (Fsp3) is 0.515. The molecule has 2 atom stereocenters. The third kappa shape index (κ3) is 8.25. The van der Waals surface area contributed by atoms with E-state index in [1.165, 1.54) is 4.31 Å². The summed E-state index contributed by atoms with van der Waals surface area (Å²) in [6, 6.07) is 18.9. The van der Waals surface area contributed by atoms with Gasteiger partial charge in [-0.3, -0.25) is 0 Å². The molecule has 11 heteroatoms. The molecular formula is C33H47FN6O3S. The van der Waals surface area contributed by atoms with Gasteiger partial charge in [0.15, 0.2) is 0 Å². The molecule has 2 N–H and O–H groups in total. The average Bonchev–Trinajstić information content (AvgIpc) is 3.42. The molecule has 2 aromatic carbocycles. The van der Waals surface area contributed by atoms with E-state index >= 15 is 4.39 Å². The maximum atomic E-state index is 15.2. The van der Waals surface area contributed by atoms with Crippen LogP contribution in [0, 0.1) is 5.41 Å². The Morgan fingerprint density at radius 3 is 2.20 bits per heavy atom. The zero-order valence-electron chi connectivity index (χ0n) is 26.4. The first-order chi connectivity index (χ1) is 20.9. The standard InChI is InChI=1S/C33H47FN6O3S/c1-5-6-21-44(42,43)39-19-17-37(18-20-39)32(41)40(24-28(34)22-35)30(33(2,3)4)31-36-29(27-15-11-8-12-16-27)25-38(31)23-26-13-9-7-10-14-26/h7-16,25,28,30H,5-6,17-24,35H2,1-4H3/t28-,30-/m0/s1. The van der Waals surface area contributed by atoms with Crippen molar-refractivity contribution in [2.75, 3.05) is 45.0 Å². The smallest absolute Gasteiger partial charge is 0.320 e. The summed E-state index contributed by atoms with van der Waals surface area (Å²) >= 11 is 0. The van der Waals surface area contributed by atoms with Crippen LogP contribution in [-0.2, 0) is 16.6 Å². The monoisotopic (exact) mass is 626 g/mol. The summed E-state index contributed by atoms with van der Waals surface area (Å²) in [4.78, 5) is 22.6. The molecule has 44 heavy (non-hydrogen) atoms. The molecule has 240 valence electrons. The van der Waals surface area contributed by atoms with Gasteiger partial charge in [-0.1, -0.05) is 94.8 Å². The lowest BCUT2D eigenvalue weighted by Gasteiger charge is -2.44. The zero-order chi connectivity index (χ0) is 31.9. The number of unbranched alkanes of at least 4 members (excludes halogenated alkanes) is 1. The van der Waals surface area contributed by atoms with E-state index in [0.29, 0.717) is 18.8 Å². The molecule has 9 nitrogen and oxygen atoms in total. The van der Waals surface area contributed by atoms with Gasteiger partial charge in [-0.2, -0.15) is 4.31 Å². The third-order valence-electron chi connectivity index (χ3n) is 8.00. The lowest BCUT2D eigenvalue weighted by atomic mass is 9.84. The average molecular weight is 627 g/mol. The molecule has 1 aliphatic rings. The van der Waals surface area contributed by atoms with Crippen molar-refractivity contribution in [1.82, 2.24) is 23.7 Å². The van der Waals surface area contributed by atoms with E-state index in [1.807, 2.05) is 94.6 Å². The van der Waals surface area contributed by atoms with Gasteiger partial charge in [0.05, 0.1) is 24.0 Å². The van der Waals surface area contributed by atoms with Crippen molar-refractivity contribution in [3.05, 3.63) is 78.2 Å².